The predicted octanol–water partition coefficient (Wildman–Crippen LogP) is 2.14. The molecule has 3 rings (SSSR count). The summed E-state index contributed by atoms with van der Waals surface area (Å²) in [5.41, 5.74) is 2.71. The average molecular weight is 276 g/mol. The van der Waals surface area contributed by atoms with E-state index in [-0.39, 0.29) is 11.8 Å². The predicted molar refractivity (Wildman–Crippen MR) is 73.4 cm³/mol. The maximum atomic E-state index is 12.7. The number of carbonyl (C=O) groups excluding carboxylic acids is 1. The highest BCUT2D eigenvalue weighted by Gasteiger charge is 2.29. The summed E-state index contributed by atoms with van der Waals surface area (Å²) in [5.74, 6) is -0.0304. The van der Waals surface area contributed by atoms with Crippen LogP contribution in [0.15, 0.2) is 30.5 Å². The third-order valence-corrected chi connectivity index (χ3v) is 3.78. The van der Waals surface area contributed by atoms with Crippen molar-refractivity contribution >= 4 is 17.4 Å². The Kier molecular flexibility index (Phi) is 3.12. The van der Waals surface area contributed by atoms with Gasteiger partial charge in [-0.3, -0.25) is 9.48 Å². The molecule has 5 heteroatoms. The van der Waals surface area contributed by atoms with Crippen molar-refractivity contribution in [3.63, 3.8) is 0 Å². The lowest BCUT2D eigenvalue weighted by Gasteiger charge is -2.25. The zero-order valence-electron chi connectivity index (χ0n) is 10.6. The van der Waals surface area contributed by atoms with E-state index in [4.69, 9.17) is 11.6 Å². The molecule has 0 aliphatic carbocycles. The van der Waals surface area contributed by atoms with Crippen LogP contribution in [0.5, 0.6) is 0 Å². The Morgan fingerprint density at radius 3 is 3.00 bits per heavy atom. The standard InChI is InChI=1S/C14H14ClN3O/c1-18-13(11(15)8-17-18)14(19)12-10-5-3-2-4-9(10)6-7-16-12/h2-5,8,12,16H,6-7H2,1H3. The number of nitrogens with one attached hydrogen (secondary N) is 1. The van der Waals surface area contributed by atoms with Crippen molar-refractivity contribution in [2.45, 2.75) is 12.5 Å². The third-order valence-electron chi connectivity index (χ3n) is 3.50. The van der Waals surface area contributed by atoms with E-state index in [1.165, 1.54) is 16.4 Å². The van der Waals surface area contributed by atoms with Crippen molar-refractivity contribution in [3.05, 3.63) is 52.3 Å². The van der Waals surface area contributed by atoms with Crippen LogP contribution in [0.3, 0.4) is 0 Å². The fourth-order valence-electron chi connectivity index (χ4n) is 2.56. The molecule has 19 heavy (non-hydrogen) atoms. The van der Waals surface area contributed by atoms with Crippen LogP contribution < -0.4 is 5.32 Å². The largest absolute Gasteiger partial charge is 0.303 e. The van der Waals surface area contributed by atoms with E-state index in [2.05, 4.69) is 16.5 Å². The quantitative estimate of drug-likeness (QED) is 0.854. The first-order chi connectivity index (χ1) is 9.18. The van der Waals surface area contributed by atoms with Crippen molar-refractivity contribution in [1.82, 2.24) is 15.1 Å². The number of halogens is 1. The van der Waals surface area contributed by atoms with Crippen LogP contribution in [0.1, 0.15) is 27.7 Å². The highest BCUT2D eigenvalue weighted by atomic mass is 35.5. The second kappa shape index (κ2) is 4.79. The monoisotopic (exact) mass is 275 g/mol. The number of ketones is 1. The smallest absolute Gasteiger partial charge is 0.203 e. The highest BCUT2D eigenvalue weighted by Crippen LogP contribution is 2.27. The van der Waals surface area contributed by atoms with Crippen LogP contribution in [0.25, 0.3) is 0 Å². The van der Waals surface area contributed by atoms with Gasteiger partial charge in [-0.25, -0.2) is 0 Å². The Bertz CT molecular complexity index is 616. The maximum Gasteiger partial charge on any atom is 0.203 e. The molecule has 98 valence electrons. The number of benzene rings is 1. The van der Waals surface area contributed by atoms with Crippen molar-refractivity contribution in [2.75, 3.05) is 6.54 Å². The van der Waals surface area contributed by atoms with Gasteiger partial charge in [0.25, 0.3) is 0 Å². The first-order valence-corrected chi connectivity index (χ1v) is 6.59. The Balaban J connectivity index is 2.03. The molecule has 0 saturated heterocycles. The van der Waals surface area contributed by atoms with Crippen molar-refractivity contribution in [2.24, 2.45) is 7.05 Å². The van der Waals surface area contributed by atoms with Crippen molar-refractivity contribution < 1.29 is 4.79 Å². The van der Waals surface area contributed by atoms with E-state index in [0.29, 0.717) is 10.7 Å². The van der Waals surface area contributed by atoms with Gasteiger partial charge in [0.15, 0.2) is 0 Å². The van der Waals surface area contributed by atoms with E-state index in [0.717, 1.165) is 18.5 Å². The zero-order valence-corrected chi connectivity index (χ0v) is 11.3. The molecule has 1 aliphatic heterocycles. The van der Waals surface area contributed by atoms with Gasteiger partial charge in [0.1, 0.15) is 5.69 Å². The normalized spacial score (nSPS) is 18.1. The molecule has 0 bridgehead atoms. The topological polar surface area (TPSA) is 46.9 Å². The maximum absolute atomic E-state index is 12.7. The molecule has 1 aromatic carbocycles. The van der Waals surface area contributed by atoms with Crippen LogP contribution >= 0.6 is 11.6 Å². The lowest BCUT2D eigenvalue weighted by Crippen LogP contribution is -2.36. The molecule has 1 unspecified atom stereocenters. The molecule has 2 heterocycles. The second-order valence-corrected chi connectivity index (χ2v) is 5.07. The van der Waals surface area contributed by atoms with Crippen molar-refractivity contribution in [3.8, 4) is 0 Å². The van der Waals surface area contributed by atoms with Gasteiger partial charge in [-0.1, -0.05) is 35.9 Å². The third kappa shape index (κ3) is 2.07. The van der Waals surface area contributed by atoms with Gasteiger partial charge in [0.2, 0.25) is 5.78 Å². The van der Waals surface area contributed by atoms with Gasteiger partial charge in [0, 0.05) is 13.6 Å². The zero-order chi connectivity index (χ0) is 13.4. The Hall–Kier alpha value is -1.65. The van der Waals surface area contributed by atoms with Crippen LogP contribution in [-0.4, -0.2) is 22.1 Å². The van der Waals surface area contributed by atoms with Crippen LogP contribution in [0, 0.1) is 0 Å². The minimum Gasteiger partial charge on any atom is -0.303 e. The first-order valence-electron chi connectivity index (χ1n) is 6.21. The van der Waals surface area contributed by atoms with Crippen LogP contribution in [0.4, 0.5) is 0 Å². The molecule has 1 aromatic heterocycles. The second-order valence-electron chi connectivity index (χ2n) is 4.66. The van der Waals surface area contributed by atoms with E-state index in [1.54, 1.807) is 7.05 Å². The lowest BCUT2D eigenvalue weighted by atomic mass is 9.91. The molecular weight excluding hydrogens is 262 g/mol. The molecule has 1 atom stereocenters. The van der Waals surface area contributed by atoms with E-state index in [1.807, 2.05) is 18.2 Å². The van der Waals surface area contributed by atoms with Gasteiger partial charge in [-0.15, -0.1) is 0 Å². The Morgan fingerprint density at radius 1 is 1.47 bits per heavy atom. The lowest BCUT2D eigenvalue weighted by molar-refractivity contribution is 0.0930. The summed E-state index contributed by atoms with van der Waals surface area (Å²) in [6.07, 6.45) is 2.45. The van der Waals surface area contributed by atoms with E-state index >= 15 is 0 Å². The summed E-state index contributed by atoms with van der Waals surface area (Å²) in [4.78, 5) is 12.7. The summed E-state index contributed by atoms with van der Waals surface area (Å²) in [5, 5.41) is 7.69. The van der Waals surface area contributed by atoms with Crippen molar-refractivity contribution in [1.29, 1.82) is 0 Å². The molecular formula is C14H14ClN3O. The summed E-state index contributed by atoms with van der Waals surface area (Å²) < 4.78 is 1.53. The molecule has 0 fully saturated rings. The number of hydrogen-bond acceptors (Lipinski definition) is 3. The molecule has 4 nitrogen and oxygen atoms in total. The van der Waals surface area contributed by atoms with Crippen LogP contribution in [-0.2, 0) is 13.5 Å². The number of aryl methyl sites for hydroxylation is 1. The Labute approximate surface area is 116 Å². The summed E-state index contributed by atoms with van der Waals surface area (Å²) in [6, 6.07) is 7.69. The van der Waals surface area contributed by atoms with Gasteiger partial charge in [-0.05, 0) is 17.5 Å². The fourth-order valence-corrected chi connectivity index (χ4v) is 2.82. The molecule has 0 saturated carbocycles. The van der Waals surface area contributed by atoms with E-state index in [9.17, 15) is 4.79 Å². The molecule has 1 aliphatic rings. The number of Topliss-reactive ketones (excluding diaryl/α,β-unsaturated/α-hetero) is 1. The number of carbonyl (C=O) groups is 1. The minimum atomic E-state index is -0.335. The summed E-state index contributed by atoms with van der Waals surface area (Å²) in [6.45, 7) is 0.795. The van der Waals surface area contributed by atoms with Gasteiger partial charge in [-0.2, -0.15) is 5.10 Å². The first kappa shape index (κ1) is 12.4. The fraction of sp³-hybridized carbons (Fsp3) is 0.286. The number of fused-ring (bicyclic) bond motifs is 1. The summed E-state index contributed by atoms with van der Waals surface area (Å²) in [7, 11) is 1.73. The number of aromatic nitrogens is 2. The minimum absolute atomic E-state index is 0.0304. The average Bonchev–Trinajstić information content (AvgIpc) is 2.77. The molecule has 1 N–H and O–H groups in total. The van der Waals surface area contributed by atoms with E-state index < -0.39 is 0 Å². The molecule has 2 aromatic rings. The molecule has 0 amide bonds. The molecule has 0 radical (unpaired) electrons. The number of rotatable bonds is 2. The number of nitrogens with zero attached hydrogens (tertiary/aromatic N) is 2. The SMILES string of the molecule is Cn1ncc(Cl)c1C(=O)C1NCCc2ccccc21. The van der Waals surface area contributed by atoms with Crippen LogP contribution in [0.2, 0.25) is 5.02 Å². The van der Waals surface area contributed by atoms with Gasteiger partial charge in [0.05, 0.1) is 17.3 Å². The summed E-state index contributed by atoms with van der Waals surface area (Å²) >= 11 is 6.05. The van der Waals surface area contributed by atoms with Gasteiger partial charge >= 0.3 is 0 Å². The number of hydrogen-bond donors (Lipinski definition) is 1. The Morgan fingerprint density at radius 2 is 2.26 bits per heavy atom. The molecule has 0 spiro atoms. The van der Waals surface area contributed by atoms with Gasteiger partial charge < -0.3 is 5.32 Å². The highest BCUT2D eigenvalue weighted by molar-refractivity contribution is 6.33.